The lowest BCUT2D eigenvalue weighted by Gasteiger charge is -2.24. The van der Waals surface area contributed by atoms with Crippen LogP contribution in [-0.2, 0) is 11.2 Å². The second-order valence-electron chi connectivity index (χ2n) is 4.96. The quantitative estimate of drug-likeness (QED) is 0.873. The van der Waals surface area contributed by atoms with E-state index in [1.54, 1.807) is 11.3 Å². The summed E-state index contributed by atoms with van der Waals surface area (Å²) in [6.45, 7) is 0. The molecule has 0 aliphatic carbocycles. The van der Waals surface area contributed by atoms with E-state index in [1.165, 1.54) is 11.3 Å². The van der Waals surface area contributed by atoms with Gasteiger partial charge in [0.05, 0.1) is 18.3 Å². The van der Waals surface area contributed by atoms with Gasteiger partial charge in [0.2, 0.25) is 0 Å². The van der Waals surface area contributed by atoms with E-state index in [4.69, 9.17) is 4.74 Å². The number of fused-ring (bicyclic) bond motifs is 2. The van der Waals surface area contributed by atoms with Crippen LogP contribution in [0, 0.1) is 5.92 Å². The van der Waals surface area contributed by atoms with Crippen molar-refractivity contribution in [1.82, 2.24) is 0 Å². The highest BCUT2D eigenvalue weighted by molar-refractivity contribution is 7.09. The zero-order chi connectivity index (χ0) is 11.0. The van der Waals surface area contributed by atoms with Gasteiger partial charge in [-0.1, -0.05) is 6.07 Å². The maximum absolute atomic E-state index is 10.2. The Bertz CT molecular complexity index is 336. The molecule has 0 aromatic carbocycles. The molecule has 88 valence electrons. The van der Waals surface area contributed by atoms with Gasteiger partial charge in [-0.2, -0.15) is 0 Å². The average Bonchev–Trinajstić information content (AvgIpc) is 3.01. The molecule has 2 aliphatic heterocycles. The molecule has 1 aromatic heterocycles. The van der Waals surface area contributed by atoms with Crippen LogP contribution < -0.4 is 0 Å². The molecule has 0 radical (unpaired) electrons. The van der Waals surface area contributed by atoms with Gasteiger partial charge in [0.1, 0.15) is 0 Å². The molecule has 4 atom stereocenters. The second kappa shape index (κ2) is 4.47. The molecule has 2 bridgehead atoms. The fourth-order valence-corrected chi connectivity index (χ4v) is 3.77. The molecular weight excluding hydrogens is 220 g/mol. The number of hydrogen-bond donors (Lipinski definition) is 1. The molecule has 1 N–H and O–H groups in total. The third kappa shape index (κ3) is 2.04. The summed E-state index contributed by atoms with van der Waals surface area (Å²) in [7, 11) is 0. The van der Waals surface area contributed by atoms with Crippen LogP contribution >= 0.6 is 11.3 Å². The van der Waals surface area contributed by atoms with Crippen molar-refractivity contribution in [2.24, 2.45) is 5.92 Å². The Balaban J connectivity index is 1.52. The number of thiophene rings is 1. The van der Waals surface area contributed by atoms with Crippen molar-refractivity contribution in [2.75, 3.05) is 0 Å². The van der Waals surface area contributed by atoms with E-state index in [0.29, 0.717) is 18.1 Å². The first-order chi connectivity index (χ1) is 7.83. The molecule has 0 saturated carbocycles. The summed E-state index contributed by atoms with van der Waals surface area (Å²) in [5, 5.41) is 12.3. The molecule has 4 unspecified atom stereocenters. The minimum atomic E-state index is -0.169. The molecule has 2 saturated heterocycles. The Morgan fingerprint density at radius 2 is 2.44 bits per heavy atom. The van der Waals surface area contributed by atoms with Crippen LogP contribution in [0.25, 0.3) is 0 Å². The summed E-state index contributed by atoms with van der Waals surface area (Å²) in [4.78, 5) is 1.38. The molecule has 16 heavy (non-hydrogen) atoms. The predicted octanol–water partition coefficient (Wildman–Crippen LogP) is 2.61. The fourth-order valence-electron chi connectivity index (χ4n) is 3.04. The van der Waals surface area contributed by atoms with Crippen molar-refractivity contribution in [3.8, 4) is 0 Å². The Morgan fingerprint density at radius 1 is 1.50 bits per heavy atom. The number of hydrogen-bond acceptors (Lipinski definition) is 3. The lowest BCUT2D eigenvalue weighted by atomic mass is 9.83. The first-order valence-corrected chi connectivity index (χ1v) is 7.07. The van der Waals surface area contributed by atoms with Gasteiger partial charge in [0.25, 0.3) is 0 Å². The van der Waals surface area contributed by atoms with Crippen molar-refractivity contribution in [3.05, 3.63) is 22.4 Å². The molecule has 2 fully saturated rings. The van der Waals surface area contributed by atoms with E-state index in [-0.39, 0.29) is 6.10 Å². The van der Waals surface area contributed by atoms with Gasteiger partial charge in [-0.25, -0.2) is 0 Å². The lowest BCUT2D eigenvalue weighted by molar-refractivity contribution is 0.0392. The maximum atomic E-state index is 10.2. The molecule has 2 aliphatic rings. The van der Waals surface area contributed by atoms with Crippen LogP contribution in [0.5, 0.6) is 0 Å². The molecule has 1 aromatic rings. The third-order valence-corrected chi connectivity index (χ3v) is 4.85. The predicted molar refractivity (Wildman–Crippen MR) is 64.6 cm³/mol. The molecule has 2 nitrogen and oxygen atoms in total. The SMILES string of the molecule is OC(CCc1cccs1)C1CC2CCC1O2. The molecule has 0 spiro atoms. The first-order valence-electron chi connectivity index (χ1n) is 6.19. The van der Waals surface area contributed by atoms with Crippen LogP contribution in [0.1, 0.15) is 30.6 Å². The summed E-state index contributed by atoms with van der Waals surface area (Å²) >= 11 is 1.78. The number of aliphatic hydroxyl groups is 1. The van der Waals surface area contributed by atoms with Crippen molar-refractivity contribution < 1.29 is 9.84 Å². The summed E-state index contributed by atoms with van der Waals surface area (Å²) in [5.74, 6) is 0.402. The topological polar surface area (TPSA) is 29.5 Å². The van der Waals surface area contributed by atoms with Crippen molar-refractivity contribution in [2.45, 2.75) is 50.4 Å². The number of aliphatic hydroxyl groups excluding tert-OH is 1. The molecule has 3 heteroatoms. The van der Waals surface area contributed by atoms with Gasteiger partial charge in [0, 0.05) is 10.8 Å². The van der Waals surface area contributed by atoms with Gasteiger partial charge in [0.15, 0.2) is 0 Å². The van der Waals surface area contributed by atoms with Gasteiger partial charge in [-0.15, -0.1) is 11.3 Å². The Hall–Kier alpha value is -0.380. The van der Waals surface area contributed by atoms with Crippen LogP contribution in [0.4, 0.5) is 0 Å². The molecule has 0 amide bonds. The monoisotopic (exact) mass is 238 g/mol. The summed E-state index contributed by atoms with van der Waals surface area (Å²) in [5.41, 5.74) is 0. The van der Waals surface area contributed by atoms with Crippen LogP contribution in [0.15, 0.2) is 17.5 Å². The third-order valence-electron chi connectivity index (χ3n) is 3.91. The number of rotatable bonds is 4. The smallest absolute Gasteiger partial charge is 0.0633 e. The van der Waals surface area contributed by atoms with E-state index in [9.17, 15) is 5.11 Å². The van der Waals surface area contributed by atoms with E-state index >= 15 is 0 Å². The van der Waals surface area contributed by atoms with E-state index in [1.807, 2.05) is 0 Å². The summed E-state index contributed by atoms with van der Waals surface area (Å²) in [6, 6.07) is 4.22. The average molecular weight is 238 g/mol. The highest BCUT2D eigenvalue weighted by atomic mass is 32.1. The standard InChI is InChI=1S/C13H18O2S/c14-12(5-4-10-2-1-7-16-10)11-8-9-3-6-13(11)15-9/h1-2,7,9,11-14H,3-6,8H2. The minimum absolute atomic E-state index is 0.169. The molecule has 3 rings (SSSR count). The normalized spacial score (nSPS) is 34.4. The number of ether oxygens (including phenoxy) is 1. The number of aryl methyl sites for hydroxylation is 1. The van der Waals surface area contributed by atoms with Crippen molar-refractivity contribution in [3.63, 3.8) is 0 Å². The molecular formula is C13H18O2S. The maximum Gasteiger partial charge on any atom is 0.0633 e. The zero-order valence-corrected chi connectivity index (χ0v) is 10.2. The van der Waals surface area contributed by atoms with Gasteiger partial charge in [-0.3, -0.25) is 0 Å². The van der Waals surface area contributed by atoms with Crippen LogP contribution in [0.3, 0.4) is 0 Å². The minimum Gasteiger partial charge on any atom is -0.393 e. The van der Waals surface area contributed by atoms with Crippen LogP contribution in [-0.4, -0.2) is 23.4 Å². The largest absolute Gasteiger partial charge is 0.393 e. The van der Waals surface area contributed by atoms with Gasteiger partial charge >= 0.3 is 0 Å². The Morgan fingerprint density at radius 3 is 3.06 bits per heavy atom. The molecule has 3 heterocycles. The van der Waals surface area contributed by atoms with Crippen molar-refractivity contribution >= 4 is 11.3 Å². The van der Waals surface area contributed by atoms with Crippen LogP contribution in [0.2, 0.25) is 0 Å². The van der Waals surface area contributed by atoms with Crippen molar-refractivity contribution in [1.29, 1.82) is 0 Å². The summed E-state index contributed by atoms with van der Waals surface area (Å²) in [6.07, 6.45) is 5.97. The summed E-state index contributed by atoms with van der Waals surface area (Å²) < 4.78 is 5.79. The zero-order valence-electron chi connectivity index (χ0n) is 9.34. The Labute approximate surface area is 100 Å². The van der Waals surface area contributed by atoms with Gasteiger partial charge in [-0.05, 0) is 43.6 Å². The highest BCUT2D eigenvalue weighted by Gasteiger charge is 2.43. The Kier molecular flexibility index (Phi) is 3.01. The fraction of sp³-hybridized carbons (Fsp3) is 0.692. The van der Waals surface area contributed by atoms with Gasteiger partial charge < -0.3 is 9.84 Å². The lowest BCUT2D eigenvalue weighted by Crippen LogP contribution is -2.29. The first kappa shape index (κ1) is 10.8. The highest BCUT2D eigenvalue weighted by Crippen LogP contribution is 2.41. The van der Waals surface area contributed by atoms with E-state index in [0.717, 1.165) is 25.7 Å². The van der Waals surface area contributed by atoms with E-state index < -0.39 is 0 Å². The van der Waals surface area contributed by atoms with E-state index in [2.05, 4.69) is 17.5 Å². The second-order valence-corrected chi connectivity index (χ2v) is 5.99.